The molecule has 2 aliphatic rings. The number of carboxylic acids is 1. The number of likely N-dealkylation sites (tertiary alicyclic amines) is 1. The van der Waals surface area contributed by atoms with Crippen molar-refractivity contribution in [3.8, 4) is 0 Å². The molecule has 2 rings (SSSR count). The van der Waals surface area contributed by atoms with E-state index < -0.39 is 11.5 Å². The second-order valence-corrected chi connectivity index (χ2v) is 6.24. The summed E-state index contributed by atoms with van der Waals surface area (Å²) in [5, 5.41) is 12.1. The Hall–Kier alpha value is -1.26. The van der Waals surface area contributed by atoms with Gasteiger partial charge in [0.05, 0.1) is 0 Å². The van der Waals surface area contributed by atoms with Crippen molar-refractivity contribution in [2.24, 2.45) is 11.8 Å². The van der Waals surface area contributed by atoms with E-state index in [0.29, 0.717) is 5.92 Å². The number of carbonyl (C=O) groups excluding carboxylic acids is 1. The minimum atomic E-state index is -1.10. The molecule has 2 amide bonds. The van der Waals surface area contributed by atoms with E-state index in [9.17, 15) is 14.7 Å². The standard InChI is InChI=1S/C14H24N2O3/c1-10-4-3-8-16(9-7-10)13(19)15-14(2,12(17)18)11-5-6-11/h10-11H,3-9H2,1-2H3,(H,15,19)(H,17,18). The number of aliphatic carboxylic acids is 1. The van der Waals surface area contributed by atoms with E-state index in [1.807, 2.05) is 0 Å². The molecule has 0 aromatic carbocycles. The van der Waals surface area contributed by atoms with Gasteiger partial charge in [0.1, 0.15) is 5.54 Å². The summed E-state index contributed by atoms with van der Waals surface area (Å²) in [6.07, 6.45) is 4.92. The van der Waals surface area contributed by atoms with Gasteiger partial charge >= 0.3 is 12.0 Å². The largest absolute Gasteiger partial charge is 0.480 e. The zero-order valence-corrected chi connectivity index (χ0v) is 11.8. The molecule has 1 aliphatic carbocycles. The zero-order valence-electron chi connectivity index (χ0n) is 11.8. The molecule has 0 radical (unpaired) electrons. The summed E-state index contributed by atoms with van der Waals surface area (Å²) >= 11 is 0. The summed E-state index contributed by atoms with van der Waals surface area (Å²) in [5.74, 6) is -0.196. The van der Waals surface area contributed by atoms with Gasteiger partial charge in [-0.2, -0.15) is 0 Å². The monoisotopic (exact) mass is 268 g/mol. The van der Waals surface area contributed by atoms with Crippen molar-refractivity contribution in [1.29, 1.82) is 0 Å². The van der Waals surface area contributed by atoms with Crippen LogP contribution in [0.25, 0.3) is 0 Å². The number of nitrogens with one attached hydrogen (secondary N) is 1. The van der Waals surface area contributed by atoms with Gasteiger partial charge in [0.15, 0.2) is 0 Å². The van der Waals surface area contributed by atoms with Gasteiger partial charge in [-0.05, 0) is 50.9 Å². The van der Waals surface area contributed by atoms with Crippen molar-refractivity contribution >= 4 is 12.0 Å². The number of nitrogens with zero attached hydrogens (tertiary/aromatic N) is 1. The van der Waals surface area contributed by atoms with Crippen LogP contribution < -0.4 is 5.32 Å². The fourth-order valence-electron chi connectivity index (χ4n) is 2.76. The van der Waals surface area contributed by atoms with Crippen molar-refractivity contribution in [2.75, 3.05) is 13.1 Å². The van der Waals surface area contributed by atoms with E-state index in [4.69, 9.17) is 0 Å². The zero-order chi connectivity index (χ0) is 14.0. The lowest BCUT2D eigenvalue weighted by Gasteiger charge is -2.30. The first-order valence-corrected chi connectivity index (χ1v) is 7.24. The van der Waals surface area contributed by atoms with Gasteiger partial charge in [0.2, 0.25) is 0 Å². The number of amides is 2. The van der Waals surface area contributed by atoms with E-state index >= 15 is 0 Å². The molecule has 108 valence electrons. The Balaban J connectivity index is 1.97. The molecule has 1 saturated heterocycles. The first-order valence-electron chi connectivity index (χ1n) is 7.24. The minimum absolute atomic E-state index is 0.0832. The number of rotatable bonds is 3. The highest BCUT2D eigenvalue weighted by atomic mass is 16.4. The Morgan fingerprint density at radius 2 is 1.89 bits per heavy atom. The fraction of sp³-hybridized carbons (Fsp3) is 0.857. The average molecular weight is 268 g/mol. The van der Waals surface area contributed by atoms with Crippen molar-refractivity contribution in [1.82, 2.24) is 10.2 Å². The number of urea groups is 1. The number of carbonyl (C=O) groups is 2. The molecular formula is C14H24N2O3. The van der Waals surface area contributed by atoms with Crippen LogP contribution in [0.3, 0.4) is 0 Å². The molecule has 2 fully saturated rings. The smallest absolute Gasteiger partial charge is 0.329 e. The SMILES string of the molecule is CC1CCCN(C(=O)NC(C)(C(=O)O)C2CC2)CC1. The van der Waals surface area contributed by atoms with E-state index in [2.05, 4.69) is 12.2 Å². The molecule has 1 aliphatic heterocycles. The van der Waals surface area contributed by atoms with Crippen LogP contribution in [0.4, 0.5) is 4.79 Å². The molecule has 1 heterocycles. The van der Waals surface area contributed by atoms with E-state index in [1.165, 1.54) is 0 Å². The van der Waals surface area contributed by atoms with Crippen LogP contribution in [0.2, 0.25) is 0 Å². The van der Waals surface area contributed by atoms with Crippen molar-refractivity contribution in [2.45, 2.75) is 51.5 Å². The molecule has 2 atom stereocenters. The van der Waals surface area contributed by atoms with Gasteiger partial charge in [-0.15, -0.1) is 0 Å². The quantitative estimate of drug-likeness (QED) is 0.823. The molecule has 2 unspecified atom stereocenters. The summed E-state index contributed by atoms with van der Waals surface area (Å²) in [6.45, 7) is 5.29. The fourth-order valence-corrected chi connectivity index (χ4v) is 2.76. The third-order valence-corrected chi connectivity index (χ3v) is 4.51. The predicted octanol–water partition coefficient (Wildman–Crippen LogP) is 2.07. The van der Waals surface area contributed by atoms with E-state index in [0.717, 1.165) is 45.2 Å². The van der Waals surface area contributed by atoms with Crippen LogP contribution in [-0.2, 0) is 4.79 Å². The second kappa shape index (κ2) is 5.39. The van der Waals surface area contributed by atoms with Gasteiger partial charge in [-0.25, -0.2) is 9.59 Å². The molecule has 5 nitrogen and oxygen atoms in total. The van der Waals surface area contributed by atoms with E-state index in [1.54, 1.807) is 11.8 Å². The van der Waals surface area contributed by atoms with Crippen LogP contribution in [0.15, 0.2) is 0 Å². The van der Waals surface area contributed by atoms with E-state index in [-0.39, 0.29) is 11.9 Å². The first kappa shape index (κ1) is 14.2. The van der Waals surface area contributed by atoms with Crippen LogP contribution in [-0.4, -0.2) is 40.6 Å². The number of hydrogen-bond donors (Lipinski definition) is 2. The molecule has 5 heteroatoms. The lowest BCUT2D eigenvalue weighted by Crippen LogP contribution is -2.57. The topological polar surface area (TPSA) is 69.6 Å². The molecule has 2 N–H and O–H groups in total. The lowest BCUT2D eigenvalue weighted by molar-refractivity contribution is -0.144. The van der Waals surface area contributed by atoms with Crippen molar-refractivity contribution < 1.29 is 14.7 Å². The highest BCUT2D eigenvalue weighted by molar-refractivity contribution is 5.86. The normalized spacial score (nSPS) is 27.3. The maximum atomic E-state index is 12.3. The molecule has 0 aromatic heterocycles. The summed E-state index contributed by atoms with van der Waals surface area (Å²) in [6, 6.07) is -0.217. The Kier molecular flexibility index (Phi) is 4.02. The highest BCUT2D eigenvalue weighted by Gasteiger charge is 2.49. The average Bonchev–Trinajstić information content (AvgIpc) is 3.15. The maximum absolute atomic E-state index is 12.3. The summed E-state index contributed by atoms with van der Waals surface area (Å²) in [7, 11) is 0. The Morgan fingerprint density at radius 3 is 2.47 bits per heavy atom. The maximum Gasteiger partial charge on any atom is 0.329 e. The number of hydrogen-bond acceptors (Lipinski definition) is 2. The Morgan fingerprint density at radius 1 is 1.21 bits per heavy atom. The first-order chi connectivity index (χ1) is 8.93. The van der Waals surface area contributed by atoms with Crippen LogP contribution >= 0.6 is 0 Å². The minimum Gasteiger partial charge on any atom is -0.480 e. The van der Waals surface area contributed by atoms with Gasteiger partial charge in [0.25, 0.3) is 0 Å². The highest BCUT2D eigenvalue weighted by Crippen LogP contribution is 2.39. The van der Waals surface area contributed by atoms with Crippen LogP contribution in [0.1, 0.15) is 46.0 Å². The molecular weight excluding hydrogens is 244 g/mol. The van der Waals surface area contributed by atoms with Gasteiger partial charge in [0, 0.05) is 13.1 Å². The summed E-state index contributed by atoms with van der Waals surface area (Å²) in [5.41, 5.74) is -1.10. The molecule has 0 bridgehead atoms. The van der Waals surface area contributed by atoms with Gasteiger partial charge < -0.3 is 15.3 Å². The Labute approximate surface area is 114 Å². The second-order valence-electron chi connectivity index (χ2n) is 6.24. The van der Waals surface area contributed by atoms with Crippen LogP contribution in [0.5, 0.6) is 0 Å². The Bertz CT molecular complexity index is 368. The van der Waals surface area contributed by atoms with Gasteiger partial charge in [-0.3, -0.25) is 0 Å². The third-order valence-electron chi connectivity index (χ3n) is 4.51. The lowest BCUT2D eigenvalue weighted by atomic mass is 9.96. The molecule has 1 saturated carbocycles. The number of carboxylic acid groups (broad SMARTS) is 1. The van der Waals surface area contributed by atoms with Gasteiger partial charge in [-0.1, -0.05) is 6.92 Å². The van der Waals surface area contributed by atoms with Crippen molar-refractivity contribution in [3.05, 3.63) is 0 Å². The molecule has 19 heavy (non-hydrogen) atoms. The van der Waals surface area contributed by atoms with Crippen LogP contribution in [0, 0.1) is 11.8 Å². The summed E-state index contributed by atoms with van der Waals surface area (Å²) < 4.78 is 0. The molecule has 0 spiro atoms. The third kappa shape index (κ3) is 3.19. The predicted molar refractivity (Wildman–Crippen MR) is 71.9 cm³/mol. The molecule has 0 aromatic rings. The summed E-state index contributed by atoms with van der Waals surface area (Å²) in [4.78, 5) is 25.4. The van der Waals surface area contributed by atoms with Crippen molar-refractivity contribution in [3.63, 3.8) is 0 Å².